The van der Waals surface area contributed by atoms with Crippen LogP contribution in [0, 0.1) is 9.49 Å². The van der Waals surface area contributed by atoms with Gasteiger partial charge in [-0.2, -0.15) is 0 Å². The smallest absolute Gasteiger partial charge is 0.0253 e. The maximum atomic E-state index is 3.71. The van der Waals surface area contributed by atoms with Crippen molar-refractivity contribution in [2.45, 2.75) is 52.2 Å². The minimum atomic E-state index is 0.215. The second-order valence-electron chi connectivity index (χ2n) is 6.75. The number of benzene rings is 1. The van der Waals surface area contributed by atoms with E-state index in [9.17, 15) is 0 Å². The van der Waals surface area contributed by atoms with Crippen LogP contribution in [0.15, 0.2) is 24.3 Å². The van der Waals surface area contributed by atoms with Gasteiger partial charge in [0.1, 0.15) is 0 Å². The van der Waals surface area contributed by atoms with E-state index >= 15 is 0 Å². The van der Waals surface area contributed by atoms with E-state index in [0.717, 1.165) is 25.6 Å². The third-order valence-electron chi connectivity index (χ3n) is 4.46. The van der Waals surface area contributed by atoms with Gasteiger partial charge in [0.2, 0.25) is 0 Å². The summed E-state index contributed by atoms with van der Waals surface area (Å²) in [6.45, 7) is 12.6. The van der Waals surface area contributed by atoms with E-state index in [0.29, 0.717) is 6.04 Å². The lowest BCUT2D eigenvalue weighted by atomic mass is 9.90. The molecule has 0 saturated carbocycles. The average molecular weight is 386 g/mol. The summed E-state index contributed by atoms with van der Waals surface area (Å²) in [5.74, 6) is 0.738. The van der Waals surface area contributed by atoms with Crippen molar-refractivity contribution < 1.29 is 0 Å². The normalized spacial score (nSPS) is 24.6. The van der Waals surface area contributed by atoms with Crippen LogP contribution in [0.25, 0.3) is 0 Å². The molecule has 2 nitrogen and oxygen atoms in total. The first-order chi connectivity index (χ1) is 9.41. The molecule has 0 amide bonds. The van der Waals surface area contributed by atoms with Gasteiger partial charge < -0.3 is 5.32 Å². The van der Waals surface area contributed by atoms with Gasteiger partial charge in [-0.05, 0) is 60.1 Å². The molecular weight excluding hydrogens is 359 g/mol. The average Bonchev–Trinajstić information content (AvgIpc) is 2.40. The predicted molar refractivity (Wildman–Crippen MR) is 94.9 cm³/mol. The maximum Gasteiger partial charge on any atom is 0.0253 e. The Morgan fingerprint density at radius 3 is 2.60 bits per heavy atom. The zero-order valence-electron chi connectivity index (χ0n) is 13.1. The summed E-state index contributed by atoms with van der Waals surface area (Å²) < 4.78 is 1.31. The highest BCUT2D eigenvalue weighted by Gasteiger charge is 2.34. The largest absolute Gasteiger partial charge is 0.309 e. The number of rotatable bonds is 4. The van der Waals surface area contributed by atoms with Crippen LogP contribution >= 0.6 is 22.6 Å². The zero-order valence-corrected chi connectivity index (χ0v) is 15.3. The summed E-state index contributed by atoms with van der Waals surface area (Å²) in [5, 5.41) is 3.71. The fraction of sp³-hybridized carbons (Fsp3) is 0.647. The number of halogens is 1. The van der Waals surface area contributed by atoms with Gasteiger partial charge in [0, 0.05) is 34.8 Å². The Balaban J connectivity index is 2.12. The first-order valence-corrected chi connectivity index (χ1v) is 8.72. The van der Waals surface area contributed by atoms with Gasteiger partial charge in [-0.15, -0.1) is 0 Å². The standard InChI is InChI=1S/C17H27IN2/c1-5-13(2)16-10-19-17(3,4)12-20(16)11-14-6-8-15(18)9-7-14/h6-9,13,16,19H,5,10-12H2,1-4H3. The number of nitrogens with one attached hydrogen (secondary N) is 1. The molecule has 0 spiro atoms. The van der Waals surface area contributed by atoms with Gasteiger partial charge in [0.15, 0.2) is 0 Å². The molecule has 0 aromatic heterocycles. The lowest BCUT2D eigenvalue weighted by Crippen LogP contribution is -2.62. The van der Waals surface area contributed by atoms with Crippen molar-refractivity contribution in [1.82, 2.24) is 10.2 Å². The summed E-state index contributed by atoms with van der Waals surface area (Å²) >= 11 is 2.37. The summed E-state index contributed by atoms with van der Waals surface area (Å²) in [6, 6.07) is 9.60. The van der Waals surface area contributed by atoms with Crippen LogP contribution in [0.4, 0.5) is 0 Å². The quantitative estimate of drug-likeness (QED) is 0.790. The third-order valence-corrected chi connectivity index (χ3v) is 5.18. The summed E-state index contributed by atoms with van der Waals surface area (Å²) in [4.78, 5) is 2.67. The molecule has 20 heavy (non-hydrogen) atoms. The Morgan fingerprint density at radius 2 is 2.00 bits per heavy atom. The predicted octanol–water partition coefficient (Wildman–Crippen LogP) is 3.89. The van der Waals surface area contributed by atoms with E-state index < -0.39 is 0 Å². The fourth-order valence-corrected chi connectivity index (χ4v) is 3.38. The molecule has 0 bridgehead atoms. The molecule has 1 aliphatic rings. The molecule has 2 rings (SSSR count). The molecule has 1 aliphatic heterocycles. The monoisotopic (exact) mass is 386 g/mol. The van der Waals surface area contributed by atoms with Crippen molar-refractivity contribution >= 4 is 22.6 Å². The number of hydrogen-bond acceptors (Lipinski definition) is 2. The summed E-state index contributed by atoms with van der Waals surface area (Å²) in [6.07, 6.45) is 1.25. The Kier molecular flexibility index (Phi) is 5.49. The molecule has 112 valence electrons. The maximum absolute atomic E-state index is 3.71. The Labute approximate surface area is 137 Å². The molecule has 1 aromatic rings. The van der Waals surface area contributed by atoms with Gasteiger partial charge in [-0.25, -0.2) is 0 Å². The van der Waals surface area contributed by atoms with Gasteiger partial charge >= 0.3 is 0 Å². The third kappa shape index (κ3) is 4.18. The van der Waals surface area contributed by atoms with Crippen molar-refractivity contribution in [3.8, 4) is 0 Å². The van der Waals surface area contributed by atoms with Crippen molar-refractivity contribution in [2.24, 2.45) is 5.92 Å². The second-order valence-corrected chi connectivity index (χ2v) is 7.99. The van der Waals surface area contributed by atoms with Crippen LogP contribution in [-0.2, 0) is 6.54 Å². The van der Waals surface area contributed by atoms with Crippen molar-refractivity contribution in [3.05, 3.63) is 33.4 Å². The highest BCUT2D eigenvalue weighted by Crippen LogP contribution is 2.24. The number of piperazine rings is 1. The summed E-state index contributed by atoms with van der Waals surface area (Å²) in [5.41, 5.74) is 1.64. The molecule has 1 aromatic carbocycles. The van der Waals surface area contributed by atoms with Crippen molar-refractivity contribution in [3.63, 3.8) is 0 Å². The van der Waals surface area contributed by atoms with Crippen LogP contribution in [-0.4, -0.2) is 29.6 Å². The van der Waals surface area contributed by atoms with E-state index in [1.807, 2.05) is 0 Å². The molecule has 0 radical (unpaired) electrons. The first kappa shape index (κ1) is 16.2. The van der Waals surface area contributed by atoms with Gasteiger partial charge in [-0.1, -0.05) is 32.4 Å². The van der Waals surface area contributed by atoms with Crippen LogP contribution in [0.5, 0.6) is 0 Å². The van der Waals surface area contributed by atoms with E-state index in [1.165, 1.54) is 15.6 Å². The van der Waals surface area contributed by atoms with E-state index in [4.69, 9.17) is 0 Å². The van der Waals surface area contributed by atoms with Crippen LogP contribution in [0.1, 0.15) is 39.7 Å². The number of hydrogen-bond donors (Lipinski definition) is 1. The van der Waals surface area contributed by atoms with Crippen LogP contribution < -0.4 is 5.32 Å². The van der Waals surface area contributed by atoms with Crippen molar-refractivity contribution in [2.75, 3.05) is 13.1 Å². The van der Waals surface area contributed by atoms with E-state index in [2.05, 4.69) is 84.8 Å². The van der Waals surface area contributed by atoms with Crippen LogP contribution in [0.2, 0.25) is 0 Å². The molecule has 1 saturated heterocycles. The lowest BCUT2D eigenvalue weighted by Gasteiger charge is -2.47. The highest BCUT2D eigenvalue weighted by atomic mass is 127. The molecule has 3 heteroatoms. The van der Waals surface area contributed by atoms with E-state index in [-0.39, 0.29) is 5.54 Å². The molecule has 1 fully saturated rings. The molecular formula is C17H27IN2. The van der Waals surface area contributed by atoms with Crippen molar-refractivity contribution in [1.29, 1.82) is 0 Å². The molecule has 1 heterocycles. The zero-order chi connectivity index (χ0) is 14.8. The Hall–Kier alpha value is -0.130. The first-order valence-electron chi connectivity index (χ1n) is 7.65. The highest BCUT2D eigenvalue weighted by molar-refractivity contribution is 14.1. The topological polar surface area (TPSA) is 15.3 Å². The molecule has 0 aliphatic carbocycles. The molecule has 1 N–H and O–H groups in total. The minimum Gasteiger partial charge on any atom is -0.309 e. The SMILES string of the molecule is CCC(C)C1CNC(C)(C)CN1Cc1ccc(I)cc1. The molecule has 2 atom stereocenters. The minimum absolute atomic E-state index is 0.215. The summed E-state index contributed by atoms with van der Waals surface area (Å²) in [7, 11) is 0. The lowest BCUT2D eigenvalue weighted by molar-refractivity contribution is 0.0571. The van der Waals surface area contributed by atoms with E-state index in [1.54, 1.807) is 0 Å². The molecule has 2 unspecified atom stereocenters. The van der Waals surface area contributed by atoms with Gasteiger partial charge in [0.05, 0.1) is 0 Å². The van der Waals surface area contributed by atoms with Gasteiger partial charge in [0.25, 0.3) is 0 Å². The van der Waals surface area contributed by atoms with Gasteiger partial charge in [-0.3, -0.25) is 4.90 Å². The van der Waals surface area contributed by atoms with Crippen LogP contribution in [0.3, 0.4) is 0 Å². The Morgan fingerprint density at radius 1 is 1.35 bits per heavy atom. The Bertz CT molecular complexity index is 427. The second kappa shape index (κ2) is 6.75. The fourth-order valence-electron chi connectivity index (χ4n) is 3.02. The number of nitrogens with zero attached hydrogens (tertiary/aromatic N) is 1.